The fourth-order valence-electron chi connectivity index (χ4n) is 2.38. The summed E-state index contributed by atoms with van der Waals surface area (Å²) in [4.78, 5) is 19.0. The summed E-state index contributed by atoms with van der Waals surface area (Å²) in [6.45, 7) is 2.68. The Kier molecular flexibility index (Phi) is 3.67. The van der Waals surface area contributed by atoms with Gasteiger partial charge in [-0.25, -0.2) is 0 Å². The summed E-state index contributed by atoms with van der Waals surface area (Å²) in [5.74, 6) is -1.78. The standard InChI is InChI=1S/C13H12F3N3O2S/c1-7-2-3-9(22-7)11(20)19-5-4-8(6-19)10-17-12(21-18-10)13(14,15)16/h2-3,8H,4-6H2,1H3. The van der Waals surface area contributed by atoms with E-state index in [1.54, 1.807) is 11.0 Å². The van der Waals surface area contributed by atoms with Gasteiger partial charge in [-0.2, -0.15) is 18.2 Å². The second-order valence-corrected chi connectivity index (χ2v) is 6.39. The number of hydrogen-bond donors (Lipinski definition) is 0. The predicted octanol–water partition coefficient (Wildman–Crippen LogP) is 3.09. The number of thiophene rings is 1. The number of halogens is 3. The van der Waals surface area contributed by atoms with Crippen LogP contribution in [0, 0.1) is 6.92 Å². The molecule has 0 spiro atoms. The zero-order chi connectivity index (χ0) is 15.9. The van der Waals surface area contributed by atoms with Gasteiger partial charge >= 0.3 is 12.1 Å². The number of carbonyl (C=O) groups excluding carboxylic acids is 1. The Balaban J connectivity index is 1.70. The molecule has 0 N–H and O–H groups in total. The third kappa shape index (κ3) is 2.85. The van der Waals surface area contributed by atoms with Crippen LogP contribution < -0.4 is 0 Å². The molecule has 1 atom stereocenters. The van der Waals surface area contributed by atoms with Crippen LogP contribution in [-0.4, -0.2) is 34.0 Å². The number of hydrogen-bond acceptors (Lipinski definition) is 5. The fourth-order valence-corrected chi connectivity index (χ4v) is 3.21. The van der Waals surface area contributed by atoms with E-state index in [0.29, 0.717) is 24.4 Å². The van der Waals surface area contributed by atoms with Crippen molar-refractivity contribution in [3.05, 3.63) is 33.6 Å². The first-order valence-corrected chi connectivity index (χ1v) is 7.43. The Labute approximate surface area is 127 Å². The molecule has 0 radical (unpaired) electrons. The summed E-state index contributed by atoms with van der Waals surface area (Å²) in [5.41, 5.74) is 0. The average molecular weight is 331 g/mol. The lowest BCUT2D eigenvalue weighted by atomic mass is 10.1. The topological polar surface area (TPSA) is 59.2 Å². The molecular formula is C13H12F3N3O2S. The van der Waals surface area contributed by atoms with Gasteiger partial charge in [0, 0.05) is 23.9 Å². The molecule has 0 bridgehead atoms. The van der Waals surface area contributed by atoms with Crippen LogP contribution in [0.3, 0.4) is 0 Å². The van der Waals surface area contributed by atoms with E-state index in [1.807, 2.05) is 13.0 Å². The molecule has 1 saturated heterocycles. The Hall–Kier alpha value is -1.90. The molecule has 1 amide bonds. The molecule has 1 aliphatic heterocycles. The van der Waals surface area contributed by atoms with Crippen LogP contribution in [0.15, 0.2) is 16.7 Å². The molecule has 118 valence electrons. The first-order chi connectivity index (χ1) is 10.3. The first kappa shape index (κ1) is 15.0. The van der Waals surface area contributed by atoms with Crippen LogP contribution in [0.25, 0.3) is 0 Å². The Morgan fingerprint density at radius 1 is 1.45 bits per heavy atom. The highest BCUT2D eigenvalue weighted by Crippen LogP contribution is 2.31. The van der Waals surface area contributed by atoms with Gasteiger partial charge in [0.05, 0.1) is 4.88 Å². The van der Waals surface area contributed by atoms with Crippen molar-refractivity contribution in [3.8, 4) is 0 Å². The van der Waals surface area contributed by atoms with E-state index < -0.39 is 12.1 Å². The number of likely N-dealkylation sites (tertiary alicyclic amines) is 1. The quantitative estimate of drug-likeness (QED) is 0.848. The van der Waals surface area contributed by atoms with Gasteiger partial charge < -0.3 is 9.42 Å². The Bertz CT molecular complexity index is 695. The maximum atomic E-state index is 12.5. The number of carbonyl (C=O) groups is 1. The van der Waals surface area contributed by atoms with Crippen LogP contribution >= 0.6 is 11.3 Å². The van der Waals surface area contributed by atoms with Gasteiger partial charge in [0.1, 0.15) is 0 Å². The summed E-state index contributed by atoms with van der Waals surface area (Å²) < 4.78 is 41.6. The minimum Gasteiger partial charge on any atom is -0.337 e. The minimum atomic E-state index is -4.64. The van der Waals surface area contributed by atoms with E-state index in [1.165, 1.54) is 11.3 Å². The van der Waals surface area contributed by atoms with Crippen LogP contribution in [0.5, 0.6) is 0 Å². The molecule has 2 aromatic rings. The van der Waals surface area contributed by atoms with Crippen molar-refractivity contribution in [2.24, 2.45) is 0 Å². The molecule has 9 heteroatoms. The van der Waals surface area contributed by atoms with E-state index in [-0.39, 0.29) is 17.6 Å². The van der Waals surface area contributed by atoms with Crippen LogP contribution in [0.4, 0.5) is 13.2 Å². The van der Waals surface area contributed by atoms with Crippen molar-refractivity contribution < 1.29 is 22.5 Å². The SMILES string of the molecule is Cc1ccc(C(=O)N2CCC(c3noc(C(F)(F)F)n3)C2)s1. The number of aromatic nitrogens is 2. The van der Waals surface area contributed by atoms with Crippen LogP contribution in [-0.2, 0) is 6.18 Å². The lowest BCUT2D eigenvalue weighted by Crippen LogP contribution is -2.27. The second-order valence-electron chi connectivity index (χ2n) is 5.10. The number of alkyl halides is 3. The molecule has 3 rings (SSSR count). The number of nitrogens with zero attached hydrogens (tertiary/aromatic N) is 3. The normalized spacial score (nSPS) is 18.9. The van der Waals surface area contributed by atoms with Gasteiger partial charge in [0.15, 0.2) is 5.82 Å². The average Bonchev–Trinajstić information content (AvgIpc) is 3.16. The number of amides is 1. The van der Waals surface area contributed by atoms with Crippen LogP contribution in [0.1, 0.15) is 38.6 Å². The molecule has 1 unspecified atom stereocenters. The summed E-state index contributed by atoms with van der Waals surface area (Å²) in [5, 5.41) is 3.39. The molecule has 0 aliphatic carbocycles. The minimum absolute atomic E-state index is 0.00462. The second kappa shape index (κ2) is 5.38. The van der Waals surface area contributed by atoms with E-state index in [4.69, 9.17) is 0 Å². The molecular weight excluding hydrogens is 319 g/mol. The van der Waals surface area contributed by atoms with Gasteiger partial charge in [0.25, 0.3) is 5.91 Å². The van der Waals surface area contributed by atoms with Gasteiger partial charge in [-0.3, -0.25) is 4.79 Å². The molecule has 5 nitrogen and oxygen atoms in total. The van der Waals surface area contributed by atoms with Crippen LogP contribution in [0.2, 0.25) is 0 Å². The number of rotatable bonds is 2. The van der Waals surface area contributed by atoms with Gasteiger partial charge in [-0.1, -0.05) is 5.16 Å². The maximum absolute atomic E-state index is 12.5. The zero-order valence-electron chi connectivity index (χ0n) is 11.6. The van der Waals surface area contributed by atoms with Crippen molar-refractivity contribution in [2.75, 3.05) is 13.1 Å². The Morgan fingerprint density at radius 3 is 2.82 bits per heavy atom. The molecule has 3 heterocycles. The van der Waals surface area contributed by atoms with Gasteiger partial charge in [-0.05, 0) is 25.5 Å². The fraction of sp³-hybridized carbons (Fsp3) is 0.462. The van der Waals surface area contributed by atoms with Crippen molar-refractivity contribution in [1.29, 1.82) is 0 Å². The molecule has 0 saturated carbocycles. The third-order valence-electron chi connectivity index (χ3n) is 3.48. The lowest BCUT2D eigenvalue weighted by molar-refractivity contribution is -0.159. The lowest BCUT2D eigenvalue weighted by Gasteiger charge is -2.14. The van der Waals surface area contributed by atoms with Crippen molar-refractivity contribution >= 4 is 17.2 Å². The van der Waals surface area contributed by atoms with Crippen molar-refractivity contribution in [3.63, 3.8) is 0 Å². The Morgan fingerprint density at radius 2 is 2.23 bits per heavy atom. The predicted molar refractivity (Wildman–Crippen MR) is 71.6 cm³/mol. The highest BCUT2D eigenvalue weighted by Gasteiger charge is 2.40. The van der Waals surface area contributed by atoms with Gasteiger partial charge in [-0.15, -0.1) is 11.3 Å². The molecule has 22 heavy (non-hydrogen) atoms. The molecule has 1 aliphatic rings. The molecule has 0 aromatic carbocycles. The highest BCUT2D eigenvalue weighted by atomic mass is 32.1. The van der Waals surface area contributed by atoms with Crippen molar-refractivity contribution in [1.82, 2.24) is 15.0 Å². The van der Waals surface area contributed by atoms with E-state index in [9.17, 15) is 18.0 Å². The third-order valence-corrected chi connectivity index (χ3v) is 4.46. The van der Waals surface area contributed by atoms with E-state index >= 15 is 0 Å². The highest BCUT2D eigenvalue weighted by molar-refractivity contribution is 7.13. The van der Waals surface area contributed by atoms with E-state index in [2.05, 4.69) is 14.7 Å². The monoisotopic (exact) mass is 331 g/mol. The smallest absolute Gasteiger partial charge is 0.337 e. The molecule has 2 aromatic heterocycles. The maximum Gasteiger partial charge on any atom is 0.471 e. The molecule has 1 fully saturated rings. The van der Waals surface area contributed by atoms with Crippen molar-refractivity contribution in [2.45, 2.75) is 25.4 Å². The van der Waals surface area contributed by atoms with Gasteiger partial charge in [0.2, 0.25) is 0 Å². The first-order valence-electron chi connectivity index (χ1n) is 6.61. The van der Waals surface area contributed by atoms with E-state index in [0.717, 1.165) is 4.88 Å². The summed E-state index contributed by atoms with van der Waals surface area (Å²) in [6.07, 6.45) is -4.12. The zero-order valence-corrected chi connectivity index (χ0v) is 12.4. The summed E-state index contributed by atoms with van der Waals surface area (Å²) >= 11 is 1.40. The number of aryl methyl sites for hydroxylation is 1. The largest absolute Gasteiger partial charge is 0.471 e. The summed E-state index contributed by atoms with van der Waals surface area (Å²) in [7, 11) is 0. The summed E-state index contributed by atoms with van der Waals surface area (Å²) in [6, 6.07) is 3.62.